The molecule has 0 aliphatic heterocycles. The van der Waals surface area contributed by atoms with Crippen LogP contribution >= 0.6 is 0 Å². The number of hydrogen-bond acceptors (Lipinski definition) is 3. The zero-order valence-corrected chi connectivity index (χ0v) is 11.9. The zero-order chi connectivity index (χ0) is 13.0. The third-order valence-corrected chi connectivity index (χ3v) is 2.56. The molecule has 0 amide bonds. The minimum atomic E-state index is 0.908. The Balaban J connectivity index is 3.15. The van der Waals surface area contributed by atoms with Crippen LogP contribution in [-0.2, 0) is 13.1 Å². The highest BCUT2D eigenvalue weighted by Crippen LogP contribution is 2.27. The SMILES string of the molecule is COc1c(CN(C)C)cc(C)cc1CN(C)C. The van der Waals surface area contributed by atoms with Crippen LogP contribution in [0.3, 0.4) is 0 Å². The quantitative estimate of drug-likeness (QED) is 0.779. The summed E-state index contributed by atoms with van der Waals surface area (Å²) >= 11 is 0. The van der Waals surface area contributed by atoms with Crippen molar-refractivity contribution >= 4 is 0 Å². The predicted octanol–water partition coefficient (Wildman–Crippen LogP) is 2.13. The van der Waals surface area contributed by atoms with E-state index in [2.05, 4.69) is 57.0 Å². The third kappa shape index (κ3) is 4.02. The fourth-order valence-corrected chi connectivity index (χ4v) is 2.11. The molecule has 17 heavy (non-hydrogen) atoms. The van der Waals surface area contributed by atoms with Crippen LogP contribution in [0.4, 0.5) is 0 Å². The molecule has 0 aliphatic rings. The molecule has 0 saturated carbocycles. The van der Waals surface area contributed by atoms with E-state index in [1.165, 1.54) is 16.7 Å². The van der Waals surface area contributed by atoms with Crippen molar-refractivity contribution in [3.8, 4) is 5.75 Å². The van der Waals surface area contributed by atoms with E-state index in [0.717, 1.165) is 18.8 Å². The largest absolute Gasteiger partial charge is 0.496 e. The van der Waals surface area contributed by atoms with E-state index in [1.54, 1.807) is 7.11 Å². The molecule has 3 heteroatoms. The monoisotopic (exact) mass is 236 g/mol. The summed E-state index contributed by atoms with van der Waals surface area (Å²) in [7, 11) is 10.1. The third-order valence-electron chi connectivity index (χ3n) is 2.56. The molecular weight excluding hydrogens is 212 g/mol. The number of nitrogens with zero attached hydrogens (tertiary/aromatic N) is 2. The van der Waals surface area contributed by atoms with Gasteiger partial charge in [0.05, 0.1) is 7.11 Å². The Hall–Kier alpha value is -1.06. The number of hydrogen-bond donors (Lipinski definition) is 0. The molecule has 1 aromatic rings. The van der Waals surface area contributed by atoms with Gasteiger partial charge >= 0.3 is 0 Å². The smallest absolute Gasteiger partial charge is 0.127 e. The molecule has 0 fully saturated rings. The van der Waals surface area contributed by atoms with Crippen LogP contribution in [0.1, 0.15) is 16.7 Å². The van der Waals surface area contributed by atoms with Crippen molar-refractivity contribution in [1.82, 2.24) is 9.80 Å². The van der Waals surface area contributed by atoms with Gasteiger partial charge in [0, 0.05) is 24.2 Å². The topological polar surface area (TPSA) is 15.7 Å². The highest BCUT2D eigenvalue weighted by molar-refractivity contribution is 5.44. The molecule has 0 aromatic heterocycles. The summed E-state index contributed by atoms with van der Waals surface area (Å²) in [5.41, 5.74) is 3.81. The molecule has 0 heterocycles. The van der Waals surface area contributed by atoms with Crippen LogP contribution in [-0.4, -0.2) is 45.1 Å². The normalized spacial score (nSPS) is 11.3. The lowest BCUT2D eigenvalue weighted by Crippen LogP contribution is -2.15. The molecule has 0 aliphatic carbocycles. The van der Waals surface area contributed by atoms with Gasteiger partial charge in [0.25, 0.3) is 0 Å². The predicted molar refractivity (Wildman–Crippen MR) is 72.5 cm³/mol. The van der Waals surface area contributed by atoms with Gasteiger partial charge in [-0.1, -0.05) is 17.7 Å². The fourth-order valence-electron chi connectivity index (χ4n) is 2.11. The summed E-state index contributed by atoms with van der Waals surface area (Å²) in [4.78, 5) is 4.33. The Morgan fingerprint density at radius 2 is 1.35 bits per heavy atom. The first-order chi connectivity index (χ1) is 7.93. The van der Waals surface area contributed by atoms with Crippen LogP contribution in [0.2, 0.25) is 0 Å². The first-order valence-electron chi connectivity index (χ1n) is 5.90. The maximum Gasteiger partial charge on any atom is 0.127 e. The summed E-state index contributed by atoms with van der Waals surface area (Å²) in [6, 6.07) is 4.41. The lowest BCUT2D eigenvalue weighted by atomic mass is 10.0. The van der Waals surface area contributed by atoms with Gasteiger partial charge < -0.3 is 14.5 Å². The fraction of sp³-hybridized carbons (Fsp3) is 0.571. The molecule has 96 valence electrons. The second kappa shape index (κ2) is 6.03. The zero-order valence-electron chi connectivity index (χ0n) is 11.9. The van der Waals surface area contributed by atoms with E-state index in [4.69, 9.17) is 4.74 Å². The number of methoxy groups -OCH3 is 1. The van der Waals surface area contributed by atoms with E-state index in [-0.39, 0.29) is 0 Å². The van der Waals surface area contributed by atoms with Gasteiger partial charge in [0.1, 0.15) is 5.75 Å². The molecule has 0 N–H and O–H groups in total. The highest BCUT2D eigenvalue weighted by Gasteiger charge is 2.11. The lowest BCUT2D eigenvalue weighted by Gasteiger charge is -2.19. The first kappa shape index (κ1) is 14.0. The van der Waals surface area contributed by atoms with Gasteiger partial charge in [0.2, 0.25) is 0 Å². The minimum Gasteiger partial charge on any atom is -0.496 e. The number of rotatable bonds is 5. The highest BCUT2D eigenvalue weighted by atomic mass is 16.5. The number of ether oxygens (including phenoxy) is 1. The maximum absolute atomic E-state index is 5.58. The van der Waals surface area contributed by atoms with Gasteiger partial charge in [0.15, 0.2) is 0 Å². The number of aryl methyl sites for hydroxylation is 1. The molecule has 0 atom stereocenters. The molecule has 0 bridgehead atoms. The average molecular weight is 236 g/mol. The van der Waals surface area contributed by atoms with E-state index in [9.17, 15) is 0 Å². The molecule has 0 saturated heterocycles. The summed E-state index contributed by atoms with van der Waals surface area (Å²) in [5.74, 6) is 1.03. The summed E-state index contributed by atoms with van der Waals surface area (Å²) in [6.07, 6.45) is 0. The standard InChI is InChI=1S/C14H24N2O/c1-11-7-12(9-15(2)3)14(17-6)13(8-11)10-16(4)5/h7-8H,9-10H2,1-6H3. The van der Waals surface area contributed by atoms with Crippen LogP contribution in [0, 0.1) is 6.92 Å². The average Bonchev–Trinajstić information content (AvgIpc) is 2.14. The van der Waals surface area contributed by atoms with Crippen LogP contribution in [0.15, 0.2) is 12.1 Å². The van der Waals surface area contributed by atoms with Crippen LogP contribution in [0.5, 0.6) is 5.75 Å². The Kier molecular flexibility index (Phi) is 4.97. The van der Waals surface area contributed by atoms with Gasteiger partial charge in [-0.3, -0.25) is 0 Å². The van der Waals surface area contributed by atoms with Crippen molar-refractivity contribution in [3.05, 3.63) is 28.8 Å². The Bertz CT molecular complexity index is 341. The van der Waals surface area contributed by atoms with Crippen molar-refractivity contribution in [1.29, 1.82) is 0 Å². The Morgan fingerprint density at radius 1 is 0.941 bits per heavy atom. The van der Waals surface area contributed by atoms with E-state index in [1.807, 2.05) is 0 Å². The van der Waals surface area contributed by atoms with Crippen molar-refractivity contribution in [2.24, 2.45) is 0 Å². The minimum absolute atomic E-state index is 0.908. The molecule has 3 nitrogen and oxygen atoms in total. The maximum atomic E-state index is 5.58. The second-order valence-electron chi connectivity index (χ2n) is 5.09. The summed E-state index contributed by atoms with van der Waals surface area (Å²) in [6.45, 7) is 3.95. The second-order valence-corrected chi connectivity index (χ2v) is 5.09. The van der Waals surface area contributed by atoms with Gasteiger partial charge in [-0.2, -0.15) is 0 Å². The van der Waals surface area contributed by atoms with Crippen molar-refractivity contribution in [2.75, 3.05) is 35.3 Å². The molecule has 0 unspecified atom stereocenters. The summed E-state index contributed by atoms with van der Waals surface area (Å²) < 4.78 is 5.58. The van der Waals surface area contributed by atoms with E-state index >= 15 is 0 Å². The Labute approximate surface area is 105 Å². The van der Waals surface area contributed by atoms with Crippen molar-refractivity contribution < 1.29 is 4.74 Å². The van der Waals surface area contributed by atoms with Gasteiger partial charge in [-0.25, -0.2) is 0 Å². The number of benzene rings is 1. The van der Waals surface area contributed by atoms with Crippen molar-refractivity contribution in [3.63, 3.8) is 0 Å². The lowest BCUT2D eigenvalue weighted by molar-refractivity contribution is 0.353. The molecule has 1 rings (SSSR count). The van der Waals surface area contributed by atoms with Gasteiger partial charge in [-0.05, 0) is 35.1 Å². The molecular formula is C14H24N2O. The van der Waals surface area contributed by atoms with Crippen LogP contribution < -0.4 is 4.74 Å². The first-order valence-corrected chi connectivity index (χ1v) is 5.90. The Morgan fingerprint density at radius 3 is 1.65 bits per heavy atom. The molecule has 0 radical (unpaired) electrons. The van der Waals surface area contributed by atoms with Crippen LogP contribution in [0.25, 0.3) is 0 Å². The van der Waals surface area contributed by atoms with E-state index in [0.29, 0.717) is 0 Å². The molecule has 1 aromatic carbocycles. The summed E-state index contributed by atoms with van der Waals surface area (Å²) in [5, 5.41) is 0. The van der Waals surface area contributed by atoms with Gasteiger partial charge in [-0.15, -0.1) is 0 Å². The van der Waals surface area contributed by atoms with Crippen molar-refractivity contribution in [2.45, 2.75) is 20.0 Å². The van der Waals surface area contributed by atoms with E-state index < -0.39 is 0 Å². The molecule has 0 spiro atoms.